The molecule has 0 aromatic heterocycles. The summed E-state index contributed by atoms with van der Waals surface area (Å²) in [6.45, 7) is 3.06. The fourth-order valence-electron chi connectivity index (χ4n) is 1.42. The molecule has 11 heteroatoms. The van der Waals surface area contributed by atoms with Gasteiger partial charge in [0.15, 0.2) is 5.96 Å². The summed E-state index contributed by atoms with van der Waals surface area (Å²) in [5, 5.41) is 14.9. The van der Waals surface area contributed by atoms with E-state index in [4.69, 9.17) is 31.6 Å². The van der Waals surface area contributed by atoms with Crippen LogP contribution in [0.5, 0.6) is 0 Å². The number of rotatable bonds is 14. The normalized spacial score (nSPS) is 12.5. The lowest BCUT2D eigenvalue weighted by molar-refractivity contribution is -0.138. The van der Waals surface area contributed by atoms with Gasteiger partial charge in [-0.2, -0.15) is 0 Å². The van der Waals surface area contributed by atoms with Gasteiger partial charge in [0.1, 0.15) is 23.2 Å². The maximum atomic E-state index is 10.5. The third kappa shape index (κ3) is 14.6. The van der Waals surface area contributed by atoms with Gasteiger partial charge in [0.05, 0.1) is 26.4 Å². The summed E-state index contributed by atoms with van der Waals surface area (Å²) in [7, 11) is 0. The van der Waals surface area contributed by atoms with E-state index in [1.54, 1.807) is 0 Å². The van der Waals surface area contributed by atoms with Crippen LogP contribution in [-0.4, -0.2) is 69.1 Å². The van der Waals surface area contributed by atoms with Gasteiger partial charge in [0.25, 0.3) is 0 Å². The van der Waals surface area contributed by atoms with Crippen LogP contribution in [0.4, 0.5) is 0 Å². The van der Waals surface area contributed by atoms with E-state index in [0.29, 0.717) is 58.9 Å². The maximum Gasteiger partial charge on any atom is 0.320 e. The molecule has 11 nitrogen and oxygen atoms in total. The standard InChI is InChI=1S/C12H25N7O4/c13-10(11(20)21)2-1-3-16-12(14)17-4-6-22-8-9-23-7-5-18-19-15/h10,15H,1-9,13H2,(H3-,14,16,17,20,21)/p+1/t10-/m0/s1. The third-order valence-corrected chi connectivity index (χ3v) is 2.60. The van der Waals surface area contributed by atoms with Gasteiger partial charge in [-0.1, -0.05) is 0 Å². The smallest absolute Gasteiger partial charge is 0.320 e. The second kappa shape index (κ2) is 14.9. The van der Waals surface area contributed by atoms with Crippen molar-refractivity contribution in [3.05, 3.63) is 0 Å². The van der Waals surface area contributed by atoms with Gasteiger partial charge in [0, 0.05) is 13.1 Å². The number of aliphatic carboxylic acids is 1. The summed E-state index contributed by atoms with van der Waals surface area (Å²) in [5.74, 6) is -0.725. The van der Waals surface area contributed by atoms with Crippen molar-refractivity contribution in [3.63, 3.8) is 0 Å². The molecule has 132 valence electrons. The molecule has 0 amide bonds. The first-order chi connectivity index (χ1) is 11.1. The Bertz CT molecular complexity index is 399. The van der Waals surface area contributed by atoms with Crippen molar-refractivity contribution in [2.45, 2.75) is 18.9 Å². The Kier molecular flexibility index (Phi) is 13.5. The topological polar surface area (TPSA) is 182 Å². The van der Waals surface area contributed by atoms with E-state index in [0.717, 1.165) is 0 Å². The van der Waals surface area contributed by atoms with E-state index in [1.165, 1.54) is 0 Å². The minimum Gasteiger partial charge on any atom is -0.480 e. The van der Waals surface area contributed by atoms with E-state index in [2.05, 4.69) is 20.3 Å². The zero-order chi connectivity index (χ0) is 17.3. The zero-order valence-corrected chi connectivity index (χ0v) is 13.1. The van der Waals surface area contributed by atoms with E-state index in [1.807, 2.05) is 0 Å². The van der Waals surface area contributed by atoms with Crippen LogP contribution in [0.3, 0.4) is 0 Å². The molecule has 7 N–H and O–H groups in total. The van der Waals surface area contributed by atoms with Gasteiger partial charge >= 0.3 is 5.97 Å². The highest BCUT2D eigenvalue weighted by atomic mass is 16.5. The quantitative estimate of drug-likeness (QED) is 0.0857. The molecule has 0 saturated heterocycles. The van der Waals surface area contributed by atoms with Crippen LogP contribution < -0.4 is 21.7 Å². The van der Waals surface area contributed by atoms with Crippen molar-refractivity contribution in [3.8, 4) is 0 Å². The average molecular weight is 332 g/mol. The van der Waals surface area contributed by atoms with Crippen molar-refractivity contribution in [1.82, 2.24) is 10.2 Å². The number of hydrogen-bond acceptors (Lipinski definition) is 7. The van der Waals surface area contributed by atoms with Gasteiger partial charge in [-0.25, -0.2) is 0 Å². The number of nitrogens with two attached hydrogens (primary N) is 2. The Labute approximate surface area is 134 Å². The lowest BCUT2D eigenvalue weighted by atomic mass is 10.2. The molecule has 23 heavy (non-hydrogen) atoms. The number of ether oxygens (including phenoxy) is 2. The van der Waals surface area contributed by atoms with Crippen LogP contribution in [0, 0.1) is 5.53 Å². The van der Waals surface area contributed by atoms with Crippen LogP contribution in [0.1, 0.15) is 12.8 Å². The highest BCUT2D eigenvalue weighted by Gasteiger charge is 2.09. The number of nitrogens with zero attached hydrogens (tertiary/aromatic N) is 3. The van der Waals surface area contributed by atoms with Crippen molar-refractivity contribution in [2.75, 3.05) is 46.1 Å². The molecule has 0 fully saturated rings. The number of nitrogens with one attached hydrogen (secondary N) is 2. The summed E-state index contributed by atoms with van der Waals surface area (Å²) < 4.78 is 10.5. The predicted octanol–water partition coefficient (Wildman–Crippen LogP) is -1.33. The number of guanidine groups is 1. The van der Waals surface area contributed by atoms with E-state index < -0.39 is 12.0 Å². The fraction of sp³-hybridized carbons (Fsp3) is 0.833. The van der Waals surface area contributed by atoms with Crippen LogP contribution in [0.2, 0.25) is 0 Å². The molecule has 0 aliphatic carbocycles. The lowest BCUT2D eigenvalue weighted by Gasteiger charge is -2.07. The Hall–Kier alpha value is -2.07. The minimum atomic E-state index is -1.01. The summed E-state index contributed by atoms with van der Waals surface area (Å²) in [5.41, 5.74) is 17.4. The molecule has 0 rings (SSSR count). The monoisotopic (exact) mass is 332 g/mol. The molecule has 0 bridgehead atoms. The predicted molar refractivity (Wildman–Crippen MR) is 83.1 cm³/mol. The SMILES string of the molecule is N=[N+]=NCCOCCOCCNC(N)=NCCC[C@H](N)C(=O)O. The van der Waals surface area contributed by atoms with Gasteiger partial charge in [-0.15, -0.1) is 0 Å². The number of aliphatic imine (C=N–C) groups is 1. The fourth-order valence-corrected chi connectivity index (χ4v) is 1.42. The average Bonchev–Trinajstić information content (AvgIpc) is 2.53. The molecule has 0 aliphatic rings. The second-order valence-electron chi connectivity index (χ2n) is 4.47. The largest absolute Gasteiger partial charge is 0.480 e. The molecule has 0 aliphatic heterocycles. The van der Waals surface area contributed by atoms with Gasteiger partial charge < -0.3 is 31.4 Å². The Morgan fingerprint density at radius 2 is 1.96 bits per heavy atom. The van der Waals surface area contributed by atoms with Crippen molar-refractivity contribution >= 4 is 11.9 Å². The summed E-state index contributed by atoms with van der Waals surface area (Å²) >= 11 is 0. The molecule has 0 aromatic carbocycles. The molecule has 0 saturated carbocycles. The molecule has 0 unspecified atom stereocenters. The first-order valence-corrected chi connectivity index (χ1v) is 7.28. The van der Waals surface area contributed by atoms with Gasteiger partial charge in [-0.05, 0) is 12.8 Å². The van der Waals surface area contributed by atoms with E-state index in [9.17, 15) is 4.79 Å². The molecule has 0 heterocycles. The molecule has 0 aromatic rings. The Balaban J connectivity index is 3.41. The lowest BCUT2D eigenvalue weighted by Crippen LogP contribution is -2.34. The van der Waals surface area contributed by atoms with Gasteiger partial charge in [0.2, 0.25) is 4.91 Å². The minimum absolute atomic E-state index is 0.287. The number of carboxylic acids is 1. The third-order valence-electron chi connectivity index (χ3n) is 2.60. The number of carbonyl (C=O) groups is 1. The molecular formula is C12H26N7O4+. The molecule has 0 radical (unpaired) electrons. The van der Waals surface area contributed by atoms with Crippen LogP contribution in [0.15, 0.2) is 10.1 Å². The van der Waals surface area contributed by atoms with Crippen LogP contribution in [0.25, 0.3) is 0 Å². The summed E-state index contributed by atoms with van der Waals surface area (Å²) in [6.07, 6.45) is 0.919. The number of hydrogen-bond donors (Lipinski definition) is 5. The highest BCUT2D eigenvalue weighted by Crippen LogP contribution is 1.94. The first-order valence-electron chi connectivity index (χ1n) is 7.28. The van der Waals surface area contributed by atoms with Gasteiger partial charge in [-0.3, -0.25) is 9.79 Å². The summed E-state index contributed by atoms with van der Waals surface area (Å²) in [4.78, 5) is 17.4. The van der Waals surface area contributed by atoms with Crippen molar-refractivity contribution < 1.29 is 19.4 Å². The van der Waals surface area contributed by atoms with Crippen molar-refractivity contribution in [2.24, 2.45) is 21.6 Å². The van der Waals surface area contributed by atoms with Crippen LogP contribution in [-0.2, 0) is 14.3 Å². The highest BCUT2D eigenvalue weighted by molar-refractivity contribution is 5.77. The van der Waals surface area contributed by atoms with E-state index in [-0.39, 0.29) is 5.96 Å². The number of carboxylic acid groups (broad SMARTS) is 1. The van der Waals surface area contributed by atoms with Crippen molar-refractivity contribution in [1.29, 1.82) is 5.53 Å². The maximum absolute atomic E-state index is 10.5. The zero-order valence-electron chi connectivity index (χ0n) is 13.1. The van der Waals surface area contributed by atoms with E-state index >= 15 is 0 Å². The Morgan fingerprint density at radius 1 is 1.26 bits per heavy atom. The second-order valence-corrected chi connectivity index (χ2v) is 4.47. The molecule has 0 spiro atoms. The van der Waals surface area contributed by atoms with Crippen LogP contribution >= 0.6 is 0 Å². The Morgan fingerprint density at radius 3 is 2.61 bits per heavy atom. The molecular weight excluding hydrogens is 306 g/mol. The first kappa shape index (κ1) is 20.9. The summed E-state index contributed by atoms with van der Waals surface area (Å²) in [6, 6.07) is -0.856. The molecule has 1 atom stereocenters.